The van der Waals surface area contributed by atoms with E-state index in [9.17, 15) is 4.79 Å². The largest absolute Gasteiger partial charge is 0.378 e. The lowest BCUT2D eigenvalue weighted by molar-refractivity contribution is 0.102. The van der Waals surface area contributed by atoms with Gasteiger partial charge in [-0.15, -0.1) is 0 Å². The summed E-state index contributed by atoms with van der Waals surface area (Å²) in [4.78, 5) is 19.3. The molecule has 0 saturated heterocycles. The van der Waals surface area contributed by atoms with Crippen LogP contribution in [0.5, 0.6) is 0 Å². The quantitative estimate of drug-likeness (QED) is 0.758. The number of hydrogen-bond donors (Lipinski definition) is 1. The van der Waals surface area contributed by atoms with Gasteiger partial charge in [-0.1, -0.05) is 18.2 Å². The Morgan fingerprint density at radius 1 is 1.11 bits per heavy atom. The van der Waals surface area contributed by atoms with E-state index in [0.29, 0.717) is 5.56 Å². The van der Waals surface area contributed by atoms with E-state index in [0.717, 1.165) is 35.6 Å². The minimum Gasteiger partial charge on any atom is -0.378 e. The Balaban J connectivity index is 1.48. The zero-order valence-corrected chi connectivity index (χ0v) is 15.8. The maximum absolute atomic E-state index is 12.5. The molecule has 0 radical (unpaired) electrons. The number of fused-ring (bicyclic) bond motifs is 1. The van der Waals surface area contributed by atoms with Gasteiger partial charge in [0.15, 0.2) is 0 Å². The van der Waals surface area contributed by atoms with Crippen LogP contribution >= 0.6 is 0 Å². The van der Waals surface area contributed by atoms with Crippen molar-refractivity contribution in [1.29, 1.82) is 0 Å². The molecule has 0 spiro atoms. The third-order valence-corrected chi connectivity index (χ3v) is 4.97. The Morgan fingerprint density at radius 3 is 2.67 bits per heavy atom. The van der Waals surface area contributed by atoms with Crippen LogP contribution in [0.3, 0.4) is 0 Å². The SMILES string of the molecule is CN(C)c1cccc(C(=O)Nc2ccc(-c3cn4c(n3)CCCC4)cc2)c1. The number of nitrogens with one attached hydrogen (secondary N) is 1. The van der Waals surface area contributed by atoms with Gasteiger partial charge < -0.3 is 14.8 Å². The predicted octanol–water partition coefficient (Wildman–Crippen LogP) is 4.20. The molecule has 27 heavy (non-hydrogen) atoms. The molecule has 1 aliphatic heterocycles. The Labute approximate surface area is 159 Å². The lowest BCUT2D eigenvalue weighted by Gasteiger charge is -2.13. The molecular weight excluding hydrogens is 336 g/mol. The monoisotopic (exact) mass is 360 g/mol. The molecule has 1 amide bonds. The Kier molecular flexibility index (Phi) is 4.67. The molecule has 1 N–H and O–H groups in total. The highest BCUT2D eigenvalue weighted by Crippen LogP contribution is 2.24. The molecule has 1 aliphatic rings. The number of aromatic nitrogens is 2. The first-order valence-electron chi connectivity index (χ1n) is 9.35. The topological polar surface area (TPSA) is 50.2 Å². The Morgan fingerprint density at radius 2 is 1.93 bits per heavy atom. The van der Waals surface area contributed by atoms with Crippen molar-refractivity contribution in [3.8, 4) is 11.3 Å². The van der Waals surface area contributed by atoms with Crippen molar-refractivity contribution in [1.82, 2.24) is 9.55 Å². The summed E-state index contributed by atoms with van der Waals surface area (Å²) in [5.41, 5.74) is 4.50. The zero-order chi connectivity index (χ0) is 18.8. The number of anilines is 2. The van der Waals surface area contributed by atoms with E-state index in [1.807, 2.05) is 67.5 Å². The molecule has 138 valence electrons. The highest BCUT2D eigenvalue weighted by Gasteiger charge is 2.13. The van der Waals surface area contributed by atoms with Crippen LogP contribution in [0.15, 0.2) is 54.7 Å². The van der Waals surface area contributed by atoms with Crippen LogP contribution in [0, 0.1) is 0 Å². The maximum Gasteiger partial charge on any atom is 0.255 e. The first-order chi connectivity index (χ1) is 13.1. The van der Waals surface area contributed by atoms with E-state index in [1.54, 1.807) is 0 Å². The molecule has 0 aliphatic carbocycles. The normalized spacial score (nSPS) is 13.1. The minimum absolute atomic E-state index is 0.107. The van der Waals surface area contributed by atoms with E-state index in [-0.39, 0.29) is 5.91 Å². The average Bonchev–Trinajstić information content (AvgIpc) is 3.13. The zero-order valence-electron chi connectivity index (χ0n) is 15.8. The van der Waals surface area contributed by atoms with Crippen LogP contribution in [-0.4, -0.2) is 29.6 Å². The molecule has 1 aromatic heterocycles. The summed E-state index contributed by atoms with van der Waals surface area (Å²) >= 11 is 0. The number of aryl methyl sites for hydroxylation is 2. The van der Waals surface area contributed by atoms with Crippen molar-refractivity contribution in [2.45, 2.75) is 25.8 Å². The number of hydrogen-bond acceptors (Lipinski definition) is 3. The summed E-state index contributed by atoms with van der Waals surface area (Å²) in [6.07, 6.45) is 5.63. The maximum atomic E-state index is 12.5. The molecule has 3 aromatic rings. The first-order valence-corrected chi connectivity index (χ1v) is 9.35. The molecule has 0 saturated carbocycles. The van der Waals surface area contributed by atoms with Gasteiger partial charge in [-0.25, -0.2) is 4.98 Å². The molecule has 5 heteroatoms. The third-order valence-electron chi connectivity index (χ3n) is 4.97. The average molecular weight is 360 g/mol. The standard InChI is InChI=1S/C22H24N4O/c1-25(2)19-7-5-6-17(14-19)22(27)23-18-11-9-16(10-12-18)20-15-26-13-4-3-8-21(26)24-20/h5-7,9-12,14-15H,3-4,8,13H2,1-2H3,(H,23,27). The number of amides is 1. The van der Waals surface area contributed by atoms with Gasteiger partial charge in [-0.05, 0) is 43.2 Å². The van der Waals surface area contributed by atoms with E-state index in [2.05, 4.69) is 16.1 Å². The summed E-state index contributed by atoms with van der Waals surface area (Å²) in [6.45, 7) is 1.06. The van der Waals surface area contributed by atoms with E-state index in [1.165, 1.54) is 18.7 Å². The van der Waals surface area contributed by atoms with E-state index < -0.39 is 0 Å². The number of imidazole rings is 1. The molecule has 5 nitrogen and oxygen atoms in total. The number of benzene rings is 2. The summed E-state index contributed by atoms with van der Waals surface area (Å²) in [5, 5.41) is 2.97. The Hall–Kier alpha value is -3.08. The van der Waals surface area contributed by atoms with Crippen LogP contribution in [-0.2, 0) is 13.0 Å². The molecule has 0 atom stereocenters. The van der Waals surface area contributed by atoms with Crippen molar-refractivity contribution >= 4 is 17.3 Å². The molecule has 0 unspecified atom stereocenters. The second-order valence-corrected chi connectivity index (χ2v) is 7.17. The van der Waals surface area contributed by atoms with Gasteiger partial charge in [-0.2, -0.15) is 0 Å². The number of carbonyl (C=O) groups is 1. The molecule has 4 rings (SSSR count). The summed E-state index contributed by atoms with van der Waals surface area (Å²) in [7, 11) is 3.92. The van der Waals surface area contributed by atoms with Crippen LogP contribution < -0.4 is 10.2 Å². The Bertz CT molecular complexity index is 933. The van der Waals surface area contributed by atoms with Gasteiger partial charge in [0, 0.05) is 55.8 Å². The van der Waals surface area contributed by atoms with Gasteiger partial charge in [0.1, 0.15) is 5.82 Å². The summed E-state index contributed by atoms with van der Waals surface area (Å²) in [6, 6.07) is 15.5. The van der Waals surface area contributed by atoms with Crippen LogP contribution in [0.4, 0.5) is 11.4 Å². The molecule has 0 bridgehead atoms. The molecular formula is C22H24N4O. The first kappa shape index (κ1) is 17.3. The summed E-state index contributed by atoms with van der Waals surface area (Å²) in [5.74, 6) is 1.07. The summed E-state index contributed by atoms with van der Waals surface area (Å²) < 4.78 is 2.26. The van der Waals surface area contributed by atoms with E-state index in [4.69, 9.17) is 4.98 Å². The third kappa shape index (κ3) is 3.72. The molecule has 2 heterocycles. The van der Waals surface area contributed by atoms with Crippen LogP contribution in [0.2, 0.25) is 0 Å². The smallest absolute Gasteiger partial charge is 0.255 e. The van der Waals surface area contributed by atoms with Crippen molar-refractivity contribution in [2.75, 3.05) is 24.3 Å². The van der Waals surface area contributed by atoms with Crippen molar-refractivity contribution in [3.05, 3.63) is 66.1 Å². The minimum atomic E-state index is -0.107. The van der Waals surface area contributed by atoms with Crippen molar-refractivity contribution < 1.29 is 4.79 Å². The number of nitrogens with zero attached hydrogens (tertiary/aromatic N) is 3. The molecule has 0 fully saturated rings. The van der Waals surface area contributed by atoms with Gasteiger partial charge in [0.25, 0.3) is 5.91 Å². The second-order valence-electron chi connectivity index (χ2n) is 7.17. The number of carbonyl (C=O) groups excluding carboxylic acids is 1. The lowest BCUT2D eigenvalue weighted by atomic mass is 10.1. The second kappa shape index (κ2) is 7.27. The van der Waals surface area contributed by atoms with Gasteiger partial charge in [0.2, 0.25) is 0 Å². The van der Waals surface area contributed by atoms with E-state index >= 15 is 0 Å². The van der Waals surface area contributed by atoms with Gasteiger partial charge >= 0.3 is 0 Å². The van der Waals surface area contributed by atoms with Crippen molar-refractivity contribution in [2.24, 2.45) is 0 Å². The fourth-order valence-electron chi connectivity index (χ4n) is 3.40. The fourth-order valence-corrected chi connectivity index (χ4v) is 3.40. The predicted molar refractivity (Wildman–Crippen MR) is 109 cm³/mol. The molecule has 2 aromatic carbocycles. The fraction of sp³-hybridized carbons (Fsp3) is 0.273. The highest BCUT2D eigenvalue weighted by molar-refractivity contribution is 6.04. The van der Waals surface area contributed by atoms with Crippen molar-refractivity contribution in [3.63, 3.8) is 0 Å². The van der Waals surface area contributed by atoms with Gasteiger partial charge in [-0.3, -0.25) is 4.79 Å². The highest BCUT2D eigenvalue weighted by atomic mass is 16.1. The van der Waals surface area contributed by atoms with Gasteiger partial charge in [0.05, 0.1) is 5.69 Å². The van der Waals surface area contributed by atoms with Crippen LogP contribution in [0.25, 0.3) is 11.3 Å². The lowest BCUT2D eigenvalue weighted by Crippen LogP contribution is -2.14. The number of rotatable bonds is 4. The van der Waals surface area contributed by atoms with Crippen LogP contribution in [0.1, 0.15) is 29.0 Å².